The Hall–Kier alpha value is -2.63. The van der Waals surface area contributed by atoms with Crippen LogP contribution in [0.25, 0.3) is 6.08 Å². The van der Waals surface area contributed by atoms with Crippen LogP contribution < -0.4 is 5.32 Å². The van der Waals surface area contributed by atoms with Gasteiger partial charge in [-0.2, -0.15) is 0 Å². The molecule has 0 radical (unpaired) electrons. The molecule has 1 N–H and O–H groups in total. The second-order valence-corrected chi connectivity index (χ2v) is 5.11. The summed E-state index contributed by atoms with van der Waals surface area (Å²) >= 11 is 0. The number of hydrogen-bond donors (Lipinski definition) is 1. The van der Waals surface area contributed by atoms with Crippen molar-refractivity contribution in [2.75, 3.05) is 14.2 Å². The predicted molar refractivity (Wildman–Crippen MR) is 85.7 cm³/mol. The Kier molecular flexibility index (Phi) is 6.50. The number of hydrogen-bond acceptors (Lipinski definition) is 5. The minimum atomic E-state index is -1.06. The van der Waals surface area contributed by atoms with E-state index in [0.29, 0.717) is 12.0 Å². The van der Waals surface area contributed by atoms with Gasteiger partial charge >= 0.3 is 11.9 Å². The standard InChI is InChI=1S/C17H21NO5/c1-5-17(2,16(21)23-4)18-14(19)11-8-12-6-9-13(10-7-12)15(20)22-3/h6-11H,5H2,1-4H3,(H,18,19)/b11-8+. The van der Waals surface area contributed by atoms with Crippen LogP contribution in [0, 0.1) is 0 Å². The topological polar surface area (TPSA) is 81.7 Å². The van der Waals surface area contributed by atoms with E-state index >= 15 is 0 Å². The summed E-state index contributed by atoms with van der Waals surface area (Å²) in [7, 11) is 2.59. The molecule has 1 unspecified atom stereocenters. The van der Waals surface area contributed by atoms with Gasteiger partial charge in [0.15, 0.2) is 0 Å². The highest BCUT2D eigenvalue weighted by Crippen LogP contribution is 2.12. The fourth-order valence-electron chi connectivity index (χ4n) is 1.84. The van der Waals surface area contributed by atoms with Crippen molar-refractivity contribution in [2.24, 2.45) is 0 Å². The van der Waals surface area contributed by atoms with E-state index in [1.807, 2.05) is 0 Å². The first-order valence-corrected chi connectivity index (χ1v) is 7.13. The smallest absolute Gasteiger partial charge is 0.337 e. The van der Waals surface area contributed by atoms with Crippen molar-refractivity contribution in [3.8, 4) is 0 Å². The average molecular weight is 319 g/mol. The molecule has 0 spiro atoms. The molecule has 0 saturated carbocycles. The molecular formula is C17H21NO5. The summed E-state index contributed by atoms with van der Waals surface area (Å²) in [4.78, 5) is 35.0. The molecule has 1 rings (SSSR count). The Balaban J connectivity index is 2.75. The van der Waals surface area contributed by atoms with E-state index in [1.165, 1.54) is 20.3 Å². The normalized spacial score (nSPS) is 13.2. The summed E-state index contributed by atoms with van der Waals surface area (Å²) in [5, 5.41) is 2.63. The van der Waals surface area contributed by atoms with Crippen molar-refractivity contribution in [1.82, 2.24) is 5.32 Å². The van der Waals surface area contributed by atoms with Crippen LogP contribution in [0.2, 0.25) is 0 Å². The predicted octanol–water partition coefficient (Wildman–Crippen LogP) is 1.94. The molecule has 0 heterocycles. The number of rotatable bonds is 6. The maximum Gasteiger partial charge on any atom is 0.337 e. The van der Waals surface area contributed by atoms with Crippen molar-refractivity contribution in [3.05, 3.63) is 41.5 Å². The molecule has 6 heteroatoms. The van der Waals surface area contributed by atoms with Crippen LogP contribution in [0.3, 0.4) is 0 Å². The monoisotopic (exact) mass is 319 g/mol. The van der Waals surface area contributed by atoms with Gasteiger partial charge in [0.2, 0.25) is 5.91 Å². The SMILES string of the molecule is CCC(C)(NC(=O)/C=C/c1ccc(C(=O)OC)cc1)C(=O)OC. The molecule has 1 atom stereocenters. The van der Waals surface area contributed by atoms with Crippen LogP contribution in [0.5, 0.6) is 0 Å². The fourth-order valence-corrected chi connectivity index (χ4v) is 1.84. The molecule has 0 saturated heterocycles. The third-order valence-electron chi connectivity index (χ3n) is 3.50. The van der Waals surface area contributed by atoms with Crippen molar-refractivity contribution >= 4 is 23.9 Å². The molecule has 0 aromatic heterocycles. The Morgan fingerprint density at radius 1 is 1.13 bits per heavy atom. The lowest BCUT2D eigenvalue weighted by atomic mass is 9.99. The molecule has 0 aliphatic carbocycles. The number of ether oxygens (including phenoxy) is 2. The Bertz CT molecular complexity index is 606. The summed E-state index contributed by atoms with van der Waals surface area (Å²) in [6.45, 7) is 3.39. The van der Waals surface area contributed by atoms with Crippen LogP contribution in [0.4, 0.5) is 0 Å². The highest BCUT2D eigenvalue weighted by Gasteiger charge is 2.33. The van der Waals surface area contributed by atoms with E-state index in [4.69, 9.17) is 4.74 Å². The van der Waals surface area contributed by atoms with Crippen LogP contribution in [0.1, 0.15) is 36.2 Å². The third kappa shape index (κ3) is 4.95. The summed E-state index contributed by atoms with van der Waals surface area (Å²) < 4.78 is 9.30. The van der Waals surface area contributed by atoms with Crippen LogP contribution in [-0.2, 0) is 19.1 Å². The number of carbonyl (C=O) groups is 3. The third-order valence-corrected chi connectivity index (χ3v) is 3.50. The zero-order valence-corrected chi connectivity index (χ0v) is 13.7. The molecule has 124 valence electrons. The van der Waals surface area contributed by atoms with Crippen molar-refractivity contribution in [1.29, 1.82) is 0 Å². The molecule has 0 bridgehead atoms. The van der Waals surface area contributed by atoms with Gasteiger partial charge in [-0.25, -0.2) is 9.59 Å². The lowest BCUT2D eigenvalue weighted by Crippen LogP contribution is -2.51. The van der Waals surface area contributed by atoms with Crippen molar-refractivity contribution in [3.63, 3.8) is 0 Å². The Labute approximate surface area is 135 Å². The van der Waals surface area contributed by atoms with Crippen molar-refractivity contribution < 1.29 is 23.9 Å². The first-order chi connectivity index (χ1) is 10.9. The molecule has 0 fully saturated rings. The Morgan fingerprint density at radius 2 is 1.74 bits per heavy atom. The maximum atomic E-state index is 12.0. The van der Waals surface area contributed by atoms with E-state index < -0.39 is 23.4 Å². The maximum absolute atomic E-state index is 12.0. The number of esters is 2. The van der Waals surface area contributed by atoms with E-state index in [9.17, 15) is 14.4 Å². The second-order valence-electron chi connectivity index (χ2n) is 5.11. The Morgan fingerprint density at radius 3 is 2.22 bits per heavy atom. The van der Waals surface area contributed by atoms with Crippen LogP contribution in [-0.4, -0.2) is 37.6 Å². The first-order valence-electron chi connectivity index (χ1n) is 7.13. The van der Waals surface area contributed by atoms with E-state index in [0.717, 1.165) is 5.56 Å². The highest BCUT2D eigenvalue weighted by atomic mass is 16.5. The number of amides is 1. The number of methoxy groups -OCH3 is 2. The van der Waals surface area contributed by atoms with E-state index in [2.05, 4.69) is 10.1 Å². The molecule has 23 heavy (non-hydrogen) atoms. The summed E-state index contributed by atoms with van der Waals surface area (Å²) in [5.41, 5.74) is 0.104. The summed E-state index contributed by atoms with van der Waals surface area (Å²) in [6.07, 6.45) is 3.32. The lowest BCUT2D eigenvalue weighted by Gasteiger charge is -2.25. The highest BCUT2D eigenvalue weighted by molar-refractivity contribution is 5.96. The van der Waals surface area contributed by atoms with Gasteiger partial charge in [-0.3, -0.25) is 4.79 Å². The van der Waals surface area contributed by atoms with Crippen molar-refractivity contribution in [2.45, 2.75) is 25.8 Å². The molecule has 0 aliphatic heterocycles. The molecule has 1 amide bonds. The van der Waals surface area contributed by atoms with Gasteiger partial charge in [0.1, 0.15) is 5.54 Å². The number of carbonyl (C=O) groups excluding carboxylic acids is 3. The first kappa shape index (κ1) is 18.4. The minimum Gasteiger partial charge on any atom is -0.467 e. The van der Waals surface area contributed by atoms with Crippen LogP contribution >= 0.6 is 0 Å². The van der Waals surface area contributed by atoms with Crippen LogP contribution in [0.15, 0.2) is 30.3 Å². The molecular weight excluding hydrogens is 298 g/mol. The molecule has 6 nitrogen and oxygen atoms in total. The average Bonchev–Trinajstić information content (AvgIpc) is 2.58. The quantitative estimate of drug-likeness (QED) is 0.640. The zero-order chi connectivity index (χ0) is 17.5. The molecule has 0 aliphatic rings. The van der Waals surface area contributed by atoms with Gasteiger partial charge < -0.3 is 14.8 Å². The van der Waals surface area contributed by atoms with Gasteiger partial charge in [0.25, 0.3) is 0 Å². The van der Waals surface area contributed by atoms with Gasteiger partial charge in [-0.05, 0) is 37.1 Å². The van der Waals surface area contributed by atoms with Gasteiger partial charge in [0, 0.05) is 6.08 Å². The lowest BCUT2D eigenvalue weighted by molar-refractivity contribution is -0.149. The van der Waals surface area contributed by atoms with Gasteiger partial charge in [0.05, 0.1) is 19.8 Å². The van der Waals surface area contributed by atoms with Gasteiger partial charge in [-0.1, -0.05) is 19.1 Å². The zero-order valence-electron chi connectivity index (χ0n) is 13.7. The molecule has 1 aromatic carbocycles. The number of benzene rings is 1. The second kappa shape index (κ2) is 8.12. The van der Waals surface area contributed by atoms with E-state index in [1.54, 1.807) is 44.2 Å². The minimum absolute atomic E-state index is 0.406. The summed E-state index contributed by atoms with van der Waals surface area (Å²) in [6, 6.07) is 6.59. The fraction of sp³-hybridized carbons (Fsp3) is 0.353. The van der Waals surface area contributed by atoms with Gasteiger partial charge in [-0.15, -0.1) is 0 Å². The number of nitrogens with one attached hydrogen (secondary N) is 1. The molecule has 1 aromatic rings. The van der Waals surface area contributed by atoms with E-state index in [-0.39, 0.29) is 0 Å². The largest absolute Gasteiger partial charge is 0.467 e. The summed E-state index contributed by atoms with van der Waals surface area (Å²) in [5.74, 6) is -1.32.